The number of nitrogens with one attached hydrogen (secondary N) is 9. The van der Waals surface area contributed by atoms with Crippen LogP contribution in [0.2, 0.25) is 0 Å². The van der Waals surface area contributed by atoms with Gasteiger partial charge in [0.15, 0.2) is 4.87 Å². The fraction of sp³-hybridized carbons (Fsp3) is 0.417. The van der Waals surface area contributed by atoms with Crippen molar-refractivity contribution >= 4 is 173 Å². The number of aliphatic imine (C=N–C) groups is 3. The summed E-state index contributed by atoms with van der Waals surface area (Å²) in [5.74, 6) is -11.2. The molecular weight excluding hydrogens is 1420 g/mol. The van der Waals surface area contributed by atoms with Gasteiger partial charge in [-0.2, -0.15) is 0 Å². The summed E-state index contributed by atoms with van der Waals surface area (Å²) >= 11 is 7.69. The van der Waals surface area contributed by atoms with Crippen LogP contribution in [0.4, 0.5) is 0 Å². The predicted octanol–water partition coefficient (Wildman–Crippen LogP) is 0.494. The van der Waals surface area contributed by atoms with E-state index in [1.165, 1.54) is 94.5 Å². The van der Waals surface area contributed by atoms with Crippen LogP contribution in [-0.2, 0) is 52.7 Å². The first kappa shape index (κ1) is 73.0. The number of hydrogen-bond donors (Lipinski definition) is 12. The molecule has 7 aliphatic rings. The molecule has 0 unspecified atom stereocenters. The number of aliphatic carboxylic acids is 1. The molecule has 11 amide bonds. The highest BCUT2D eigenvalue weighted by Gasteiger charge is 2.43. The van der Waals surface area contributed by atoms with E-state index in [1.807, 2.05) is 0 Å². The van der Waals surface area contributed by atoms with Gasteiger partial charge in [-0.25, -0.2) is 24.7 Å². The van der Waals surface area contributed by atoms with Gasteiger partial charge >= 0.3 is 5.97 Å². The minimum Gasteiger partial charge on any atom is -0.480 e. The van der Waals surface area contributed by atoms with Crippen molar-refractivity contribution in [1.82, 2.24) is 72.7 Å². The number of nitrogens with zero attached hydrogens (tertiary/aromatic N) is 8. The number of aromatic nitrogens is 4. The molecule has 0 aromatic carbocycles. The Morgan fingerprint density at radius 3 is 2.01 bits per heavy atom. The molecule has 9 atom stereocenters. The van der Waals surface area contributed by atoms with Gasteiger partial charge in [-0.3, -0.25) is 67.7 Å². The zero-order chi connectivity index (χ0) is 71.0. The highest BCUT2D eigenvalue weighted by atomic mass is 32.2. The molecule has 39 heteroatoms. The van der Waals surface area contributed by atoms with Crippen LogP contribution >= 0.6 is 81.1 Å². The summed E-state index contributed by atoms with van der Waals surface area (Å²) in [5, 5.41) is 41.5. The van der Waals surface area contributed by atoms with E-state index in [9.17, 15) is 62.6 Å². The lowest BCUT2D eigenvalue weighted by atomic mass is 10.0. The Bertz CT molecular complexity index is 4130. The fourth-order valence-corrected chi connectivity index (χ4v) is 17.3. The van der Waals surface area contributed by atoms with Gasteiger partial charge in [0, 0.05) is 45.7 Å². The van der Waals surface area contributed by atoms with E-state index in [1.54, 1.807) is 23.1 Å². The Morgan fingerprint density at radius 2 is 1.33 bits per heavy atom. The van der Waals surface area contributed by atoms with Crippen molar-refractivity contribution in [2.45, 2.75) is 113 Å². The molecule has 522 valence electrons. The third-order valence-corrected chi connectivity index (χ3v) is 23.1. The van der Waals surface area contributed by atoms with E-state index in [-0.39, 0.29) is 77.3 Å². The second kappa shape index (κ2) is 32.1. The first-order valence-corrected chi connectivity index (χ1v) is 37.3. The van der Waals surface area contributed by atoms with E-state index in [2.05, 4.69) is 76.0 Å². The third kappa shape index (κ3) is 17.5. The average Bonchev–Trinajstić information content (AvgIpc) is 1.76. The van der Waals surface area contributed by atoms with Gasteiger partial charge in [-0.05, 0) is 71.6 Å². The molecule has 7 aliphatic heterocycles. The molecule has 11 rings (SSSR count). The molecule has 14 N–H and O–H groups in total. The van der Waals surface area contributed by atoms with Crippen LogP contribution in [0.25, 0.3) is 27.1 Å². The van der Waals surface area contributed by atoms with Crippen LogP contribution < -0.4 is 59.3 Å². The zero-order valence-electron chi connectivity index (χ0n) is 53.1. The molecule has 0 saturated carbocycles. The monoisotopic (exact) mass is 1490 g/mol. The molecule has 0 radical (unpaired) electrons. The largest absolute Gasteiger partial charge is 0.480 e. The fourth-order valence-electron chi connectivity index (χ4n) is 10.6. The number of unbranched alkanes of at least 4 members (excludes halogenated alkanes) is 1. The number of hydrogen-bond acceptors (Lipinski definition) is 27. The maximum atomic E-state index is 14.9. The van der Waals surface area contributed by atoms with Gasteiger partial charge in [0.05, 0.1) is 58.4 Å². The molecule has 99 heavy (non-hydrogen) atoms. The minimum absolute atomic E-state index is 0.00201. The summed E-state index contributed by atoms with van der Waals surface area (Å²) in [7, 11) is 0. The van der Waals surface area contributed by atoms with Crippen molar-refractivity contribution in [3.05, 3.63) is 86.6 Å². The molecule has 4 aromatic rings. The average molecular weight is 1490 g/mol. The number of carboxylic acids is 1. The number of carbonyl (C=O) groups is 12. The lowest BCUT2D eigenvalue weighted by molar-refractivity contribution is -0.141. The topological polar surface area (TPSA) is 477 Å². The quantitative estimate of drug-likeness (QED) is 0.0885. The Kier molecular flexibility index (Phi) is 23.6. The summed E-state index contributed by atoms with van der Waals surface area (Å²) in [6.45, 7) is 11.5. The Morgan fingerprint density at radius 1 is 0.697 bits per heavy atom. The van der Waals surface area contributed by atoms with Gasteiger partial charge in [-0.15, -0.1) is 81.1 Å². The standard InChI is InChI=1S/C60H67N19O13S7/c1-6-29-49(87)78-60(5)59(92)77-30(10-7-8-14-61)45(83)63-17-42(81)64-27(4)57(89)79-15-9-11-40(79)50(88)65-25(2)43-28(44(82)69-32(16-41(62)80)53-71-34(19-94-53)47(85)68-29)12-13-31(67-43)52-75-37(22-97-52)54-72-33(18-95-54)46(84)66-26(3)51-74-36(21-93-51)56-76-38(23-98-56)55-73-35(20-96-55)48(86)70-39(24-99-60)58(90)91/h6,12-13,21-23,25,30,32-35,39-40H,3-4,7-11,14-20,24,61H2,1-2,5H3,(H2,62,80)(H,63,83)(H,64,81)(H,65,88)(H,66,84)(H,68,85)(H,69,82)(H,70,86)(H,77,92)(H,78,87)(H,90,91)/b29-6-/t25-,30-,32+,33+,34-,35-,39+,40+,60+/m1/s1. The molecule has 4 aromatic heterocycles. The Labute approximate surface area is 593 Å². The summed E-state index contributed by atoms with van der Waals surface area (Å²) in [5.41, 5.74) is 12.3. The molecule has 32 nitrogen and oxygen atoms in total. The van der Waals surface area contributed by atoms with E-state index < -0.39 is 154 Å². The number of pyridine rings is 1. The Hall–Kier alpha value is -8.73. The second-order valence-electron chi connectivity index (χ2n) is 23.1. The minimum atomic E-state index is -2.26. The highest BCUT2D eigenvalue weighted by Crippen LogP contribution is 2.35. The molecule has 0 aliphatic carbocycles. The lowest BCUT2D eigenvalue weighted by Gasteiger charge is -2.32. The van der Waals surface area contributed by atoms with Crippen molar-refractivity contribution in [2.24, 2.45) is 26.4 Å². The SMILES string of the molecule is C=C1NC(=O)CNC(=O)[C@@H](CCCCN)NC(=O)[C@@]2(C)NC(=O)/C(=C/C)NC(=O)[C@H]3CSC(=N3)[C@H](CC(N)=O)NC(=O)c3ccc(nc3[C@@H](C)NC(=O)[C@@H]3CCCN3C1=O)-c1nc(cs1)C1=N[C@@H](CS1)C(=O)NC(=C)c1nc(cs1)-c1nc(cs1)C1=N[C@H](CS1)C(=O)N[C@H](C(=O)O)CS2. The third-order valence-electron chi connectivity index (χ3n) is 15.8. The number of primary amides is 1. The number of allylic oxidation sites excluding steroid dienone is 1. The number of carboxylic acid groups (broad SMARTS) is 1. The van der Waals surface area contributed by atoms with Crippen LogP contribution in [0.15, 0.2) is 73.9 Å². The first-order chi connectivity index (χ1) is 47.3. The number of thiazole rings is 3. The maximum absolute atomic E-state index is 14.9. The second-order valence-corrected chi connectivity index (χ2v) is 30.1. The number of nitrogens with two attached hydrogens (primary N) is 2. The summed E-state index contributed by atoms with van der Waals surface area (Å²) in [6, 6.07) is -6.97. The van der Waals surface area contributed by atoms with Gasteiger partial charge in [0.1, 0.15) is 84.1 Å². The van der Waals surface area contributed by atoms with Crippen LogP contribution in [0.5, 0.6) is 0 Å². The molecular formula is C60H67N19O13S7. The number of amides is 11. The normalized spacial score (nSPS) is 26.2. The van der Waals surface area contributed by atoms with Crippen LogP contribution in [0.1, 0.15) is 97.8 Å². The Balaban J connectivity index is 1.04. The van der Waals surface area contributed by atoms with E-state index >= 15 is 0 Å². The van der Waals surface area contributed by atoms with Crippen molar-refractivity contribution in [3.8, 4) is 21.4 Å². The number of rotatable bonds is 7. The van der Waals surface area contributed by atoms with Crippen molar-refractivity contribution < 1.29 is 62.6 Å². The van der Waals surface area contributed by atoms with E-state index in [4.69, 9.17) is 31.4 Å². The highest BCUT2D eigenvalue weighted by molar-refractivity contribution is 8.15. The molecule has 1 fully saturated rings. The number of thioether (sulfide) groups is 4. The first-order valence-electron chi connectivity index (χ1n) is 30.8. The smallest absolute Gasteiger partial charge is 0.327 e. The van der Waals surface area contributed by atoms with Crippen LogP contribution in [-0.4, -0.2) is 206 Å². The van der Waals surface area contributed by atoms with Crippen molar-refractivity contribution in [3.63, 3.8) is 0 Å². The molecule has 11 heterocycles. The van der Waals surface area contributed by atoms with Gasteiger partial charge < -0.3 is 69.3 Å². The summed E-state index contributed by atoms with van der Waals surface area (Å²) in [6.07, 6.45) is 1.74. The maximum Gasteiger partial charge on any atom is 0.327 e. The lowest BCUT2D eigenvalue weighted by Crippen LogP contribution is -2.60. The predicted molar refractivity (Wildman–Crippen MR) is 377 cm³/mol. The number of carbonyl (C=O) groups excluding carboxylic acids is 11. The van der Waals surface area contributed by atoms with Gasteiger partial charge in [0.25, 0.3) is 23.6 Å². The van der Waals surface area contributed by atoms with Crippen LogP contribution in [0.3, 0.4) is 0 Å². The van der Waals surface area contributed by atoms with E-state index in [0.29, 0.717) is 66.8 Å². The summed E-state index contributed by atoms with van der Waals surface area (Å²) in [4.78, 5) is 200. The van der Waals surface area contributed by atoms with Crippen molar-refractivity contribution in [2.75, 3.05) is 42.6 Å². The van der Waals surface area contributed by atoms with E-state index in [0.717, 1.165) is 11.8 Å². The number of fused-ring (bicyclic) bond motifs is 8. The summed E-state index contributed by atoms with van der Waals surface area (Å²) < 4.78 is 0. The molecule has 16 bridgehead atoms. The van der Waals surface area contributed by atoms with Gasteiger partial charge in [0.2, 0.25) is 41.4 Å². The van der Waals surface area contributed by atoms with Gasteiger partial charge in [-0.1, -0.05) is 19.2 Å². The zero-order valence-corrected chi connectivity index (χ0v) is 58.8. The molecule has 0 spiro atoms. The van der Waals surface area contributed by atoms with Crippen LogP contribution in [0, 0.1) is 0 Å². The van der Waals surface area contributed by atoms with Crippen molar-refractivity contribution in [1.29, 1.82) is 0 Å². The molecule has 1 saturated heterocycles.